The predicted molar refractivity (Wildman–Crippen MR) is 63.0 cm³/mol. The number of carboxylic acids is 1. The Labute approximate surface area is 103 Å². The highest BCUT2D eigenvalue weighted by Gasteiger charge is 2.20. The van der Waals surface area contributed by atoms with Crippen LogP contribution in [0.4, 0.5) is 0 Å². The maximum atomic E-state index is 11.1. The number of nitrogens with two attached hydrogens (primary N) is 1. The van der Waals surface area contributed by atoms with E-state index in [1.165, 1.54) is 0 Å². The third-order valence-electron chi connectivity index (χ3n) is 2.31. The van der Waals surface area contributed by atoms with E-state index in [4.69, 9.17) is 21.0 Å². The Bertz CT molecular complexity index is 460. The number of hydrogen-bond donors (Lipinski definition) is 4. The SMILES string of the molecule is N[C@H](Cc1ccc(CP(=O)(O)OO)cc1)C(=O)O. The van der Waals surface area contributed by atoms with Crippen LogP contribution < -0.4 is 5.73 Å². The van der Waals surface area contributed by atoms with Crippen LogP contribution in [0, 0.1) is 0 Å². The molecular formula is C10H14NO6P. The van der Waals surface area contributed by atoms with Crippen molar-refractivity contribution in [2.45, 2.75) is 18.6 Å². The van der Waals surface area contributed by atoms with Gasteiger partial charge in [0.05, 0.1) is 6.16 Å². The molecule has 0 fully saturated rings. The van der Waals surface area contributed by atoms with E-state index in [0.717, 1.165) is 0 Å². The average Bonchev–Trinajstić information content (AvgIpc) is 2.31. The van der Waals surface area contributed by atoms with E-state index in [-0.39, 0.29) is 12.6 Å². The molecule has 0 aliphatic carbocycles. The lowest BCUT2D eigenvalue weighted by atomic mass is 10.1. The fraction of sp³-hybridized carbons (Fsp3) is 0.300. The lowest BCUT2D eigenvalue weighted by molar-refractivity contribution is -0.146. The molecule has 1 aromatic carbocycles. The van der Waals surface area contributed by atoms with Crippen LogP contribution in [0.2, 0.25) is 0 Å². The molecule has 1 aromatic rings. The molecule has 5 N–H and O–H groups in total. The van der Waals surface area contributed by atoms with Crippen molar-refractivity contribution in [2.75, 3.05) is 0 Å². The van der Waals surface area contributed by atoms with Gasteiger partial charge in [-0.2, -0.15) is 4.67 Å². The molecule has 7 nitrogen and oxygen atoms in total. The Hall–Kier alpha value is -1.24. The number of hydrogen-bond acceptors (Lipinski definition) is 5. The summed E-state index contributed by atoms with van der Waals surface area (Å²) in [6.07, 6.45) is -0.155. The van der Waals surface area contributed by atoms with Gasteiger partial charge in [-0.15, -0.1) is 0 Å². The molecule has 0 aliphatic rings. The molecule has 0 saturated heterocycles. The van der Waals surface area contributed by atoms with Gasteiger partial charge in [-0.25, -0.2) is 5.26 Å². The molecule has 0 radical (unpaired) electrons. The van der Waals surface area contributed by atoms with Gasteiger partial charge in [-0.05, 0) is 17.5 Å². The van der Waals surface area contributed by atoms with Crippen LogP contribution in [-0.2, 0) is 26.6 Å². The van der Waals surface area contributed by atoms with Gasteiger partial charge < -0.3 is 15.7 Å². The Balaban J connectivity index is 2.69. The van der Waals surface area contributed by atoms with E-state index in [9.17, 15) is 9.36 Å². The molecule has 0 saturated carbocycles. The smallest absolute Gasteiger partial charge is 0.359 e. The minimum absolute atomic E-state index is 0.170. The van der Waals surface area contributed by atoms with Crippen molar-refractivity contribution in [3.05, 3.63) is 35.4 Å². The molecule has 100 valence electrons. The number of carbonyl (C=O) groups is 1. The van der Waals surface area contributed by atoms with E-state index < -0.39 is 19.6 Å². The van der Waals surface area contributed by atoms with Gasteiger partial charge in [0.25, 0.3) is 0 Å². The van der Waals surface area contributed by atoms with Crippen LogP contribution >= 0.6 is 7.60 Å². The number of aliphatic carboxylic acids is 1. The van der Waals surface area contributed by atoms with Crippen molar-refractivity contribution in [1.82, 2.24) is 0 Å². The number of rotatable bonds is 6. The maximum Gasteiger partial charge on any atom is 0.359 e. The van der Waals surface area contributed by atoms with E-state index in [1.54, 1.807) is 24.3 Å². The second-order valence-corrected chi connectivity index (χ2v) is 5.60. The lowest BCUT2D eigenvalue weighted by Crippen LogP contribution is -2.32. The highest BCUT2D eigenvalue weighted by molar-refractivity contribution is 7.51. The van der Waals surface area contributed by atoms with E-state index in [2.05, 4.69) is 4.67 Å². The third kappa shape index (κ3) is 4.56. The van der Waals surface area contributed by atoms with Crippen LogP contribution in [0.1, 0.15) is 11.1 Å². The molecule has 0 bridgehead atoms. The molecule has 1 unspecified atom stereocenters. The first-order chi connectivity index (χ1) is 8.34. The standard InChI is InChI=1S/C10H14NO6P/c11-9(10(12)13)5-7-1-3-8(4-2-7)6-18(15,16)17-14/h1-4,9,14H,5-6,11H2,(H,12,13)(H,15,16)/t9-/m1/s1. The molecule has 18 heavy (non-hydrogen) atoms. The van der Waals surface area contributed by atoms with Crippen LogP contribution in [0.3, 0.4) is 0 Å². The molecular weight excluding hydrogens is 261 g/mol. The molecule has 0 amide bonds. The summed E-state index contributed by atoms with van der Waals surface area (Å²) in [4.78, 5) is 19.6. The zero-order valence-electron chi connectivity index (χ0n) is 9.39. The van der Waals surface area contributed by atoms with Crippen molar-refractivity contribution in [3.8, 4) is 0 Å². The van der Waals surface area contributed by atoms with E-state index >= 15 is 0 Å². The first kappa shape index (κ1) is 14.8. The minimum Gasteiger partial charge on any atom is -0.480 e. The second kappa shape index (κ2) is 6.08. The van der Waals surface area contributed by atoms with Crippen molar-refractivity contribution in [1.29, 1.82) is 0 Å². The Morgan fingerprint density at radius 1 is 1.33 bits per heavy atom. The van der Waals surface area contributed by atoms with Crippen LogP contribution in [-0.4, -0.2) is 27.3 Å². The van der Waals surface area contributed by atoms with Gasteiger partial charge in [0.2, 0.25) is 0 Å². The van der Waals surface area contributed by atoms with Gasteiger partial charge in [0.15, 0.2) is 0 Å². The van der Waals surface area contributed by atoms with Crippen molar-refractivity contribution in [3.63, 3.8) is 0 Å². The fourth-order valence-electron chi connectivity index (χ4n) is 1.38. The number of carboxylic acid groups (broad SMARTS) is 1. The van der Waals surface area contributed by atoms with Gasteiger partial charge in [0, 0.05) is 0 Å². The largest absolute Gasteiger partial charge is 0.480 e. The quantitative estimate of drug-likeness (QED) is 0.343. The first-order valence-corrected chi connectivity index (χ1v) is 6.81. The van der Waals surface area contributed by atoms with E-state index in [0.29, 0.717) is 11.1 Å². The molecule has 0 aromatic heterocycles. The molecule has 1 rings (SSSR count). The summed E-state index contributed by atoms with van der Waals surface area (Å²) in [5.74, 6) is -1.09. The molecule has 0 aliphatic heterocycles. The number of benzene rings is 1. The van der Waals surface area contributed by atoms with Crippen molar-refractivity contribution < 1.29 is 29.3 Å². The Kier molecular flexibility index (Phi) is 5.01. The van der Waals surface area contributed by atoms with Crippen LogP contribution in [0.5, 0.6) is 0 Å². The predicted octanol–water partition coefficient (Wildman–Crippen LogP) is 0.816. The maximum absolute atomic E-state index is 11.1. The second-order valence-electron chi connectivity index (χ2n) is 3.84. The van der Waals surface area contributed by atoms with E-state index in [1.807, 2.05) is 0 Å². The van der Waals surface area contributed by atoms with Crippen molar-refractivity contribution in [2.24, 2.45) is 5.73 Å². The molecule has 0 heterocycles. The molecule has 8 heteroatoms. The highest BCUT2D eigenvalue weighted by atomic mass is 31.2. The summed E-state index contributed by atoms with van der Waals surface area (Å²) in [5.41, 5.74) is 6.56. The summed E-state index contributed by atoms with van der Waals surface area (Å²) in [5, 5.41) is 16.8. The third-order valence-corrected chi connectivity index (χ3v) is 3.33. The summed E-state index contributed by atoms with van der Waals surface area (Å²) in [6.45, 7) is 0. The van der Waals surface area contributed by atoms with Gasteiger partial charge in [0.1, 0.15) is 6.04 Å². The highest BCUT2D eigenvalue weighted by Crippen LogP contribution is 2.44. The first-order valence-electron chi connectivity index (χ1n) is 5.05. The zero-order valence-corrected chi connectivity index (χ0v) is 10.3. The fourth-order valence-corrected chi connectivity index (χ4v) is 2.11. The summed E-state index contributed by atoms with van der Waals surface area (Å²) in [7, 11) is -4.02. The van der Waals surface area contributed by atoms with Crippen molar-refractivity contribution >= 4 is 13.6 Å². The topological polar surface area (TPSA) is 130 Å². The summed E-state index contributed by atoms with van der Waals surface area (Å²) in [6, 6.07) is 5.32. The normalized spacial score (nSPS) is 15.9. The Morgan fingerprint density at radius 2 is 1.83 bits per heavy atom. The summed E-state index contributed by atoms with van der Waals surface area (Å²) < 4.78 is 14.6. The Morgan fingerprint density at radius 3 is 2.28 bits per heavy atom. The molecule has 0 spiro atoms. The van der Waals surface area contributed by atoms with Gasteiger partial charge in [-0.3, -0.25) is 9.36 Å². The summed E-state index contributed by atoms with van der Waals surface area (Å²) >= 11 is 0. The van der Waals surface area contributed by atoms with Crippen LogP contribution in [0.15, 0.2) is 24.3 Å². The zero-order chi connectivity index (χ0) is 13.8. The van der Waals surface area contributed by atoms with Gasteiger partial charge >= 0.3 is 13.6 Å². The minimum atomic E-state index is -4.02. The molecule has 2 atom stereocenters. The van der Waals surface area contributed by atoms with Gasteiger partial charge in [-0.1, -0.05) is 24.3 Å². The van der Waals surface area contributed by atoms with Crippen LogP contribution in [0.25, 0.3) is 0 Å². The average molecular weight is 275 g/mol. The lowest BCUT2D eigenvalue weighted by Gasteiger charge is -2.09. The monoisotopic (exact) mass is 275 g/mol.